The molecule has 1 aliphatic heterocycles. The van der Waals surface area contributed by atoms with E-state index in [-0.39, 0.29) is 18.1 Å². The molecule has 0 aliphatic carbocycles. The van der Waals surface area contributed by atoms with E-state index in [1.165, 1.54) is 0 Å². The molecule has 2 rings (SSSR count). The van der Waals surface area contributed by atoms with E-state index in [9.17, 15) is 4.79 Å². The first-order valence-corrected chi connectivity index (χ1v) is 8.60. The second kappa shape index (κ2) is 7.85. The fourth-order valence-electron chi connectivity index (χ4n) is 2.42. The lowest BCUT2D eigenvalue weighted by Crippen LogP contribution is -2.45. The average molecular weight is 324 g/mol. The molecule has 5 nitrogen and oxygen atoms in total. The van der Waals surface area contributed by atoms with Gasteiger partial charge < -0.3 is 20.1 Å². The number of aliphatic hydroxyl groups excluding tert-OH is 1. The van der Waals surface area contributed by atoms with Gasteiger partial charge in [0.25, 0.3) is 5.91 Å². The zero-order valence-corrected chi connectivity index (χ0v) is 14.0. The maximum atomic E-state index is 12.4. The van der Waals surface area contributed by atoms with Crippen LogP contribution in [0.15, 0.2) is 24.3 Å². The third kappa shape index (κ3) is 4.38. The monoisotopic (exact) mass is 324 g/mol. The third-order valence-electron chi connectivity index (χ3n) is 3.76. The maximum Gasteiger partial charge on any atom is 0.251 e. The van der Waals surface area contributed by atoms with Gasteiger partial charge >= 0.3 is 0 Å². The molecular weight excluding hydrogens is 300 g/mol. The van der Waals surface area contributed by atoms with E-state index in [1.807, 2.05) is 55.0 Å². The molecule has 0 saturated carbocycles. The normalized spacial score (nSPS) is 20.9. The van der Waals surface area contributed by atoms with Gasteiger partial charge in [0, 0.05) is 37.6 Å². The number of benzene rings is 1. The van der Waals surface area contributed by atoms with Crippen LogP contribution in [0.1, 0.15) is 16.8 Å². The average Bonchev–Trinajstić information content (AvgIpc) is 3.00. The molecule has 122 valence electrons. The second-order valence-corrected chi connectivity index (χ2v) is 6.79. The molecule has 0 radical (unpaired) electrons. The molecular formula is C16H24N2O3S. The number of thioether (sulfide) groups is 1. The lowest BCUT2D eigenvalue weighted by atomic mass is 10.0. The first kappa shape index (κ1) is 17.1. The van der Waals surface area contributed by atoms with Crippen molar-refractivity contribution in [3.63, 3.8) is 0 Å². The Kier molecular flexibility index (Phi) is 6.11. The van der Waals surface area contributed by atoms with E-state index >= 15 is 0 Å². The predicted octanol–water partition coefficient (Wildman–Crippen LogP) is 1.37. The highest BCUT2D eigenvalue weighted by Crippen LogP contribution is 2.31. The number of rotatable bonds is 7. The van der Waals surface area contributed by atoms with Crippen molar-refractivity contribution in [2.75, 3.05) is 50.3 Å². The van der Waals surface area contributed by atoms with Gasteiger partial charge in [-0.05, 0) is 30.4 Å². The topological polar surface area (TPSA) is 61.8 Å². The van der Waals surface area contributed by atoms with Crippen LogP contribution in [-0.4, -0.2) is 62.0 Å². The minimum absolute atomic E-state index is 0.00520. The zero-order chi connectivity index (χ0) is 16.0. The molecule has 1 aromatic rings. The van der Waals surface area contributed by atoms with Crippen molar-refractivity contribution in [3.05, 3.63) is 29.8 Å². The molecule has 1 saturated heterocycles. The summed E-state index contributed by atoms with van der Waals surface area (Å²) in [6, 6.07) is 7.54. The molecule has 22 heavy (non-hydrogen) atoms. The van der Waals surface area contributed by atoms with Crippen LogP contribution in [0.3, 0.4) is 0 Å². The highest BCUT2D eigenvalue weighted by atomic mass is 32.2. The summed E-state index contributed by atoms with van der Waals surface area (Å²) in [6.45, 7) is 0.794. The van der Waals surface area contributed by atoms with E-state index < -0.39 is 0 Å². The summed E-state index contributed by atoms with van der Waals surface area (Å²) in [7, 11) is 3.90. The smallest absolute Gasteiger partial charge is 0.251 e. The third-order valence-corrected chi connectivity index (χ3v) is 4.99. The minimum atomic E-state index is -0.345. The number of hydrogen-bond acceptors (Lipinski definition) is 5. The Morgan fingerprint density at radius 3 is 2.95 bits per heavy atom. The maximum absolute atomic E-state index is 12.4. The molecule has 1 aromatic carbocycles. The van der Waals surface area contributed by atoms with Crippen LogP contribution >= 0.6 is 11.8 Å². The SMILES string of the molecule is CN(C)c1cccc(C(=O)NCC2(OCCO)CCSC2)c1. The Balaban J connectivity index is 1.97. The standard InChI is InChI=1S/C16H24N2O3S/c1-18(2)14-5-3-4-13(10-14)15(20)17-11-16(21-8-7-19)6-9-22-12-16/h3-5,10,19H,6-9,11-12H2,1-2H3,(H,17,20). The molecule has 1 fully saturated rings. The number of carbonyl (C=O) groups excluding carboxylic acids is 1. The number of aliphatic hydroxyl groups is 1. The van der Waals surface area contributed by atoms with Gasteiger partial charge in [-0.25, -0.2) is 0 Å². The van der Waals surface area contributed by atoms with Gasteiger partial charge in [-0.2, -0.15) is 11.8 Å². The first-order chi connectivity index (χ1) is 10.6. The summed E-state index contributed by atoms with van der Waals surface area (Å²) in [5.74, 6) is 1.79. The number of nitrogens with zero attached hydrogens (tertiary/aromatic N) is 1. The molecule has 0 spiro atoms. The van der Waals surface area contributed by atoms with Crippen LogP contribution in [0, 0.1) is 0 Å². The van der Waals surface area contributed by atoms with Crippen molar-refractivity contribution in [2.24, 2.45) is 0 Å². The number of anilines is 1. The summed E-state index contributed by atoms with van der Waals surface area (Å²) in [6.07, 6.45) is 0.898. The van der Waals surface area contributed by atoms with E-state index in [4.69, 9.17) is 9.84 Å². The van der Waals surface area contributed by atoms with Gasteiger partial charge in [-0.1, -0.05) is 6.07 Å². The number of hydrogen-bond donors (Lipinski definition) is 2. The zero-order valence-electron chi connectivity index (χ0n) is 13.2. The van der Waals surface area contributed by atoms with Crippen LogP contribution < -0.4 is 10.2 Å². The van der Waals surface area contributed by atoms with Gasteiger partial charge in [0.1, 0.15) is 0 Å². The second-order valence-electron chi connectivity index (χ2n) is 5.69. The summed E-state index contributed by atoms with van der Waals surface area (Å²) in [5, 5.41) is 11.9. The van der Waals surface area contributed by atoms with Crippen LogP contribution in [0.4, 0.5) is 5.69 Å². The summed E-state index contributed by atoms with van der Waals surface area (Å²) >= 11 is 1.82. The highest BCUT2D eigenvalue weighted by molar-refractivity contribution is 7.99. The van der Waals surface area contributed by atoms with Gasteiger partial charge in [-0.3, -0.25) is 4.79 Å². The predicted molar refractivity (Wildman–Crippen MR) is 90.8 cm³/mol. The Bertz CT molecular complexity index is 502. The lowest BCUT2D eigenvalue weighted by molar-refractivity contribution is -0.0378. The molecule has 0 bridgehead atoms. The molecule has 1 aliphatic rings. The number of amides is 1. The van der Waals surface area contributed by atoms with Crippen molar-refractivity contribution in [1.29, 1.82) is 0 Å². The van der Waals surface area contributed by atoms with E-state index in [0.717, 1.165) is 23.6 Å². The largest absolute Gasteiger partial charge is 0.394 e. The van der Waals surface area contributed by atoms with E-state index in [1.54, 1.807) is 0 Å². The van der Waals surface area contributed by atoms with Crippen LogP contribution in [0.2, 0.25) is 0 Å². The molecule has 6 heteroatoms. The van der Waals surface area contributed by atoms with Crippen LogP contribution in [0.25, 0.3) is 0 Å². The van der Waals surface area contributed by atoms with E-state index in [2.05, 4.69) is 5.32 Å². The van der Waals surface area contributed by atoms with Gasteiger partial charge in [-0.15, -0.1) is 0 Å². The number of ether oxygens (including phenoxy) is 1. The Labute approximate surface area is 136 Å². The molecule has 1 amide bonds. The molecule has 1 atom stereocenters. The summed E-state index contributed by atoms with van der Waals surface area (Å²) in [4.78, 5) is 14.3. The Morgan fingerprint density at radius 1 is 1.50 bits per heavy atom. The van der Waals surface area contributed by atoms with Crippen molar-refractivity contribution in [1.82, 2.24) is 5.32 Å². The summed E-state index contributed by atoms with van der Waals surface area (Å²) in [5.41, 5.74) is 1.30. The fraction of sp³-hybridized carbons (Fsp3) is 0.562. The number of nitrogens with one attached hydrogen (secondary N) is 1. The Morgan fingerprint density at radius 2 is 2.32 bits per heavy atom. The molecule has 1 heterocycles. The van der Waals surface area contributed by atoms with E-state index in [0.29, 0.717) is 18.7 Å². The first-order valence-electron chi connectivity index (χ1n) is 7.44. The van der Waals surface area contributed by atoms with Crippen molar-refractivity contribution in [2.45, 2.75) is 12.0 Å². The molecule has 2 N–H and O–H groups in total. The number of carbonyl (C=O) groups is 1. The fourth-order valence-corrected chi connectivity index (χ4v) is 3.79. The van der Waals surface area contributed by atoms with Crippen LogP contribution in [-0.2, 0) is 4.74 Å². The highest BCUT2D eigenvalue weighted by Gasteiger charge is 2.35. The van der Waals surface area contributed by atoms with Crippen molar-refractivity contribution in [3.8, 4) is 0 Å². The van der Waals surface area contributed by atoms with Gasteiger partial charge in [0.15, 0.2) is 0 Å². The minimum Gasteiger partial charge on any atom is -0.394 e. The molecule has 0 aromatic heterocycles. The quantitative estimate of drug-likeness (QED) is 0.793. The van der Waals surface area contributed by atoms with Crippen molar-refractivity contribution >= 4 is 23.4 Å². The van der Waals surface area contributed by atoms with Crippen LogP contribution in [0.5, 0.6) is 0 Å². The summed E-state index contributed by atoms with van der Waals surface area (Å²) < 4.78 is 5.79. The van der Waals surface area contributed by atoms with Gasteiger partial charge in [0.05, 0.1) is 18.8 Å². The molecule has 1 unspecified atom stereocenters. The van der Waals surface area contributed by atoms with Crippen molar-refractivity contribution < 1.29 is 14.6 Å². The van der Waals surface area contributed by atoms with Gasteiger partial charge in [0.2, 0.25) is 0 Å². The Hall–Kier alpha value is -1.24. The lowest BCUT2D eigenvalue weighted by Gasteiger charge is -2.28.